The summed E-state index contributed by atoms with van der Waals surface area (Å²) in [7, 11) is 0. The Morgan fingerprint density at radius 3 is 2.82 bits per heavy atom. The summed E-state index contributed by atoms with van der Waals surface area (Å²) in [6.45, 7) is 0. The molecule has 0 atom stereocenters. The molecule has 8 heteroatoms. The fourth-order valence-corrected chi connectivity index (χ4v) is 2.07. The van der Waals surface area contributed by atoms with E-state index in [4.69, 9.17) is 5.73 Å². The lowest BCUT2D eigenvalue weighted by atomic mass is 10.1. The third-order valence-electron chi connectivity index (χ3n) is 3.16. The maximum absolute atomic E-state index is 12.2. The van der Waals surface area contributed by atoms with Gasteiger partial charge in [0.15, 0.2) is 0 Å². The summed E-state index contributed by atoms with van der Waals surface area (Å²) >= 11 is 0. The van der Waals surface area contributed by atoms with E-state index in [9.17, 15) is 14.9 Å². The molecule has 3 N–H and O–H groups in total. The maximum Gasteiger partial charge on any atom is 0.292 e. The van der Waals surface area contributed by atoms with Crippen LogP contribution in [-0.4, -0.2) is 20.5 Å². The van der Waals surface area contributed by atoms with Gasteiger partial charge in [-0.2, -0.15) is 0 Å². The smallest absolute Gasteiger partial charge is 0.292 e. The number of nitrogen functional groups attached to an aromatic ring is 1. The molecular weight excluding hydrogens is 286 g/mol. The molecule has 22 heavy (non-hydrogen) atoms. The number of benzene rings is 2. The number of rotatable bonds is 3. The lowest BCUT2D eigenvalue weighted by Gasteiger charge is -2.07. The van der Waals surface area contributed by atoms with E-state index >= 15 is 0 Å². The van der Waals surface area contributed by atoms with Crippen LogP contribution in [0.3, 0.4) is 0 Å². The summed E-state index contributed by atoms with van der Waals surface area (Å²) in [5.41, 5.74) is 9.43. The molecule has 8 nitrogen and oxygen atoms in total. The van der Waals surface area contributed by atoms with E-state index in [-0.39, 0.29) is 16.9 Å². The van der Waals surface area contributed by atoms with Gasteiger partial charge in [-0.1, -0.05) is 12.1 Å². The van der Waals surface area contributed by atoms with Gasteiger partial charge in [-0.3, -0.25) is 20.3 Å². The zero-order chi connectivity index (χ0) is 15.7. The molecule has 1 heterocycles. The van der Waals surface area contributed by atoms with Crippen LogP contribution < -0.4 is 11.2 Å². The van der Waals surface area contributed by atoms with E-state index in [2.05, 4.69) is 10.4 Å². The van der Waals surface area contributed by atoms with Crippen LogP contribution in [0.25, 0.3) is 11.0 Å². The molecule has 0 spiro atoms. The first kappa shape index (κ1) is 13.6. The van der Waals surface area contributed by atoms with Gasteiger partial charge in [-0.25, -0.2) is 9.66 Å². The van der Waals surface area contributed by atoms with Gasteiger partial charge in [0.25, 0.3) is 11.6 Å². The lowest BCUT2D eigenvalue weighted by molar-refractivity contribution is -0.383. The number of carbonyl (C=O) groups is 1. The van der Waals surface area contributed by atoms with Crippen LogP contribution >= 0.6 is 0 Å². The van der Waals surface area contributed by atoms with Gasteiger partial charge in [0, 0.05) is 11.6 Å². The number of hydrogen-bond acceptors (Lipinski definition) is 5. The van der Waals surface area contributed by atoms with Gasteiger partial charge in [0.1, 0.15) is 12.0 Å². The molecule has 0 fully saturated rings. The van der Waals surface area contributed by atoms with Gasteiger partial charge >= 0.3 is 0 Å². The van der Waals surface area contributed by atoms with Crippen molar-refractivity contribution in [2.24, 2.45) is 0 Å². The number of fused-ring (bicyclic) bond motifs is 1. The number of nitrogens with two attached hydrogens (primary N) is 1. The Labute approximate surface area is 124 Å². The third kappa shape index (κ3) is 2.33. The number of anilines is 1. The summed E-state index contributed by atoms with van der Waals surface area (Å²) in [6.07, 6.45) is 1.47. The Morgan fingerprint density at radius 1 is 1.27 bits per heavy atom. The zero-order valence-electron chi connectivity index (χ0n) is 11.3. The molecule has 1 amide bonds. The predicted octanol–water partition coefficient (Wildman–Crippen LogP) is 1.91. The molecule has 0 aliphatic rings. The summed E-state index contributed by atoms with van der Waals surface area (Å²) in [4.78, 5) is 26.6. The summed E-state index contributed by atoms with van der Waals surface area (Å²) in [6, 6.07) is 11.2. The topological polar surface area (TPSA) is 116 Å². The number of nitrogens with zero attached hydrogens (tertiary/aromatic N) is 3. The summed E-state index contributed by atoms with van der Waals surface area (Å²) < 4.78 is 1.46. The monoisotopic (exact) mass is 297 g/mol. The van der Waals surface area contributed by atoms with E-state index < -0.39 is 10.8 Å². The van der Waals surface area contributed by atoms with Crippen molar-refractivity contribution in [3.63, 3.8) is 0 Å². The number of para-hydroxylation sites is 2. The predicted molar refractivity (Wildman–Crippen MR) is 80.9 cm³/mol. The minimum atomic E-state index is -0.626. The number of nitro groups is 1. The van der Waals surface area contributed by atoms with E-state index in [1.54, 1.807) is 6.07 Å². The molecule has 1 aromatic heterocycles. The molecule has 3 rings (SSSR count). The van der Waals surface area contributed by atoms with Crippen molar-refractivity contribution in [1.82, 2.24) is 9.66 Å². The van der Waals surface area contributed by atoms with E-state index in [1.165, 1.54) is 23.1 Å². The van der Waals surface area contributed by atoms with Crippen LogP contribution in [0.15, 0.2) is 48.8 Å². The SMILES string of the molecule is Nc1ccc(C(=O)Nn2cnc3ccccc32)cc1[N+](=O)[O-]. The molecule has 2 aromatic carbocycles. The van der Waals surface area contributed by atoms with Gasteiger partial charge in [-0.05, 0) is 24.3 Å². The quantitative estimate of drug-likeness (QED) is 0.435. The Balaban J connectivity index is 1.92. The Bertz CT molecular complexity index is 887. The molecule has 0 saturated carbocycles. The van der Waals surface area contributed by atoms with Crippen molar-refractivity contribution in [1.29, 1.82) is 0 Å². The molecule has 0 aliphatic heterocycles. The van der Waals surface area contributed by atoms with Gasteiger partial charge in [0.2, 0.25) is 0 Å². The van der Waals surface area contributed by atoms with Gasteiger partial charge in [-0.15, -0.1) is 0 Å². The average Bonchev–Trinajstić information content (AvgIpc) is 2.90. The second-order valence-electron chi connectivity index (χ2n) is 4.57. The number of imidazole rings is 1. The number of amides is 1. The standard InChI is InChI=1S/C14H11N5O3/c15-10-6-5-9(7-13(10)19(21)22)14(20)17-18-8-16-11-3-1-2-4-12(11)18/h1-8H,15H2,(H,17,20). The Morgan fingerprint density at radius 2 is 2.05 bits per heavy atom. The van der Waals surface area contributed by atoms with E-state index in [0.29, 0.717) is 0 Å². The van der Waals surface area contributed by atoms with Crippen LogP contribution in [0.1, 0.15) is 10.4 Å². The number of nitro benzene ring substituents is 1. The Hall–Kier alpha value is -3.42. The highest BCUT2D eigenvalue weighted by Crippen LogP contribution is 2.22. The highest BCUT2D eigenvalue weighted by atomic mass is 16.6. The third-order valence-corrected chi connectivity index (χ3v) is 3.16. The maximum atomic E-state index is 12.2. The van der Waals surface area contributed by atoms with Crippen LogP contribution in [0.2, 0.25) is 0 Å². The number of aromatic nitrogens is 2. The summed E-state index contributed by atoms with van der Waals surface area (Å²) in [5, 5.41) is 10.9. The number of nitrogens with one attached hydrogen (secondary N) is 1. The first-order valence-electron chi connectivity index (χ1n) is 6.33. The molecular formula is C14H11N5O3. The van der Waals surface area contributed by atoms with Crippen molar-refractivity contribution < 1.29 is 9.72 Å². The molecule has 110 valence electrons. The summed E-state index contributed by atoms with van der Waals surface area (Å²) in [5.74, 6) is -0.494. The minimum Gasteiger partial charge on any atom is -0.393 e. The van der Waals surface area contributed by atoms with Crippen LogP contribution in [-0.2, 0) is 0 Å². The van der Waals surface area contributed by atoms with Gasteiger partial charge in [0.05, 0.1) is 16.0 Å². The van der Waals surface area contributed by atoms with Crippen LogP contribution in [0, 0.1) is 10.1 Å². The zero-order valence-corrected chi connectivity index (χ0v) is 11.3. The highest BCUT2D eigenvalue weighted by Gasteiger charge is 2.16. The van der Waals surface area contributed by atoms with Gasteiger partial charge < -0.3 is 5.73 Å². The lowest BCUT2D eigenvalue weighted by Crippen LogP contribution is -2.22. The highest BCUT2D eigenvalue weighted by molar-refractivity contribution is 6.01. The average molecular weight is 297 g/mol. The van der Waals surface area contributed by atoms with Crippen molar-refractivity contribution in [2.45, 2.75) is 0 Å². The Kier molecular flexibility index (Phi) is 3.18. The fraction of sp³-hybridized carbons (Fsp3) is 0. The van der Waals surface area contributed by atoms with E-state index in [1.807, 2.05) is 18.2 Å². The molecule has 0 aliphatic carbocycles. The van der Waals surface area contributed by atoms with Crippen molar-refractivity contribution in [2.75, 3.05) is 11.2 Å². The van der Waals surface area contributed by atoms with Crippen molar-refractivity contribution in [3.05, 3.63) is 64.5 Å². The van der Waals surface area contributed by atoms with Crippen LogP contribution in [0.4, 0.5) is 11.4 Å². The molecule has 0 unspecified atom stereocenters. The second kappa shape index (κ2) is 5.17. The number of hydrogen-bond donors (Lipinski definition) is 2. The largest absolute Gasteiger partial charge is 0.393 e. The fourth-order valence-electron chi connectivity index (χ4n) is 2.07. The second-order valence-corrected chi connectivity index (χ2v) is 4.57. The molecule has 0 radical (unpaired) electrons. The van der Waals surface area contributed by atoms with Crippen LogP contribution in [0.5, 0.6) is 0 Å². The van der Waals surface area contributed by atoms with Crippen molar-refractivity contribution >= 4 is 28.3 Å². The van der Waals surface area contributed by atoms with Crippen molar-refractivity contribution in [3.8, 4) is 0 Å². The van der Waals surface area contributed by atoms with E-state index in [0.717, 1.165) is 17.1 Å². The molecule has 0 saturated heterocycles. The normalized spacial score (nSPS) is 10.5. The minimum absolute atomic E-state index is 0.00892. The number of carbonyl (C=O) groups excluding carboxylic acids is 1. The first-order chi connectivity index (χ1) is 10.6. The first-order valence-corrected chi connectivity index (χ1v) is 6.33. The molecule has 3 aromatic rings. The molecule has 0 bridgehead atoms.